The zero-order valence-electron chi connectivity index (χ0n) is 41.5. The Balaban J connectivity index is 3.42. The normalized spacial score (nSPS) is 12.8. The van der Waals surface area contributed by atoms with Gasteiger partial charge in [0.05, 0.1) is 12.0 Å². The molecule has 0 bridgehead atoms. The monoisotopic (exact) mass is 845 g/mol. The second kappa shape index (κ2) is 52.5. The average Bonchev–Trinajstić information content (AvgIpc) is 3.24. The van der Waals surface area contributed by atoms with E-state index in [1.165, 1.54) is 283 Å². The van der Waals surface area contributed by atoms with Gasteiger partial charge in [-0.25, -0.2) is 0 Å². The van der Waals surface area contributed by atoms with Crippen molar-refractivity contribution in [1.29, 1.82) is 0 Å². The first-order valence-corrected chi connectivity index (χ1v) is 28.2. The first kappa shape index (κ1) is 59.2. The molecule has 60 heavy (non-hydrogen) atoms. The highest BCUT2D eigenvalue weighted by Crippen LogP contribution is 2.22. The molecule has 0 aromatic heterocycles. The number of rotatable bonds is 53. The topological polar surface area (TPSA) is 57.5 Å². The lowest BCUT2D eigenvalue weighted by Gasteiger charge is -2.19. The number of carboxylic acids is 1. The molecule has 0 saturated carbocycles. The molecule has 0 aromatic carbocycles. The smallest absolute Gasteiger partial charge is 0.309 e. The molecule has 0 aliphatic heterocycles. The van der Waals surface area contributed by atoms with Crippen LogP contribution in [0.4, 0.5) is 0 Å². The van der Waals surface area contributed by atoms with Crippen LogP contribution in [0.3, 0.4) is 0 Å². The molecule has 2 N–H and O–H groups in total. The van der Waals surface area contributed by atoms with Crippen LogP contribution in [0.5, 0.6) is 0 Å². The van der Waals surface area contributed by atoms with Crippen molar-refractivity contribution in [3.05, 3.63) is 12.2 Å². The van der Waals surface area contributed by atoms with E-state index in [0.717, 1.165) is 25.7 Å². The van der Waals surface area contributed by atoms with Gasteiger partial charge in [-0.1, -0.05) is 309 Å². The SMILES string of the molecule is CCCCCCCCCCCCCCCC/C=C\CCCCCCCCCCCCCCC(O)C(CCCCCCCCCCCCCCCCCCCCCC)C(=O)O. The van der Waals surface area contributed by atoms with E-state index in [-0.39, 0.29) is 0 Å². The van der Waals surface area contributed by atoms with Crippen molar-refractivity contribution < 1.29 is 15.0 Å². The summed E-state index contributed by atoms with van der Waals surface area (Å²) in [5.74, 6) is -1.39. The fourth-order valence-corrected chi connectivity index (χ4v) is 9.38. The van der Waals surface area contributed by atoms with E-state index < -0.39 is 18.0 Å². The van der Waals surface area contributed by atoms with E-state index in [4.69, 9.17) is 0 Å². The van der Waals surface area contributed by atoms with Crippen LogP contribution in [0.15, 0.2) is 12.2 Å². The molecule has 3 heteroatoms. The minimum absolute atomic E-state index is 0.583. The van der Waals surface area contributed by atoms with Crippen molar-refractivity contribution in [1.82, 2.24) is 0 Å². The van der Waals surface area contributed by atoms with Crippen molar-refractivity contribution in [2.24, 2.45) is 5.92 Å². The second-order valence-corrected chi connectivity index (χ2v) is 19.7. The Morgan fingerprint density at radius 3 is 0.750 bits per heavy atom. The molecule has 2 atom stereocenters. The number of hydrogen-bond donors (Lipinski definition) is 2. The molecule has 0 saturated heterocycles. The Kier molecular flexibility index (Phi) is 51.8. The number of aliphatic hydroxyl groups is 1. The van der Waals surface area contributed by atoms with Crippen LogP contribution in [0, 0.1) is 5.92 Å². The molecule has 0 aromatic rings. The zero-order valence-corrected chi connectivity index (χ0v) is 41.5. The van der Waals surface area contributed by atoms with Crippen molar-refractivity contribution in [3.63, 3.8) is 0 Å². The quantitative estimate of drug-likeness (QED) is 0.0474. The van der Waals surface area contributed by atoms with E-state index in [2.05, 4.69) is 26.0 Å². The van der Waals surface area contributed by atoms with E-state index in [1.54, 1.807) is 0 Å². The van der Waals surface area contributed by atoms with Gasteiger partial charge >= 0.3 is 5.97 Å². The molecule has 2 unspecified atom stereocenters. The average molecular weight is 846 g/mol. The summed E-state index contributed by atoms with van der Waals surface area (Å²) in [7, 11) is 0. The third-order valence-corrected chi connectivity index (χ3v) is 13.7. The van der Waals surface area contributed by atoms with Crippen LogP contribution in [0.25, 0.3) is 0 Å². The maximum absolute atomic E-state index is 11.9. The molecular weight excluding hydrogens is 733 g/mol. The highest BCUT2D eigenvalue weighted by Gasteiger charge is 2.25. The number of hydrogen-bond acceptors (Lipinski definition) is 2. The second-order valence-electron chi connectivity index (χ2n) is 19.7. The van der Waals surface area contributed by atoms with Crippen molar-refractivity contribution in [2.45, 2.75) is 341 Å². The Hall–Kier alpha value is -0.830. The summed E-state index contributed by atoms with van der Waals surface area (Å²) in [6.07, 6.45) is 70.8. The van der Waals surface area contributed by atoms with Gasteiger partial charge in [0.1, 0.15) is 0 Å². The number of allylic oxidation sites excluding steroid dienone is 2. The predicted octanol–water partition coefficient (Wildman–Crippen LogP) is 20.1. The Morgan fingerprint density at radius 1 is 0.317 bits per heavy atom. The Labute approximate surface area is 378 Å². The molecule has 358 valence electrons. The molecule has 0 spiro atoms. The number of carboxylic acid groups (broad SMARTS) is 1. The minimum atomic E-state index is -0.803. The third kappa shape index (κ3) is 48.2. The molecule has 0 aliphatic carbocycles. The van der Waals surface area contributed by atoms with Crippen molar-refractivity contribution in [2.75, 3.05) is 0 Å². The molecular formula is C57H112O3. The van der Waals surface area contributed by atoms with Gasteiger partial charge in [-0.15, -0.1) is 0 Å². The summed E-state index contributed by atoms with van der Waals surface area (Å²) in [4.78, 5) is 11.9. The first-order chi connectivity index (χ1) is 29.6. The highest BCUT2D eigenvalue weighted by atomic mass is 16.4. The predicted molar refractivity (Wildman–Crippen MR) is 268 cm³/mol. The van der Waals surface area contributed by atoms with Gasteiger partial charge in [0, 0.05) is 0 Å². The standard InChI is InChI=1S/C57H112O3/c1-3-5-7-9-11-13-15-17-19-21-23-25-26-27-28-29-30-31-32-33-34-36-38-40-42-44-46-48-50-52-54-56(58)55(57(59)60)53-51-49-47-45-43-41-39-37-35-24-22-20-18-16-14-12-10-8-6-4-2/h29-30,55-56,58H,3-28,31-54H2,1-2H3,(H,59,60)/b30-29-. The molecule has 0 fully saturated rings. The van der Waals surface area contributed by atoms with Crippen LogP contribution in [0.1, 0.15) is 335 Å². The largest absolute Gasteiger partial charge is 0.481 e. The van der Waals surface area contributed by atoms with Gasteiger partial charge in [-0.2, -0.15) is 0 Å². The maximum atomic E-state index is 11.9. The molecule has 0 rings (SSSR count). The lowest BCUT2D eigenvalue weighted by Crippen LogP contribution is -2.28. The van der Waals surface area contributed by atoms with Crippen LogP contribution in [-0.2, 0) is 4.79 Å². The van der Waals surface area contributed by atoms with Gasteiger partial charge in [-0.3, -0.25) is 4.79 Å². The molecule has 0 heterocycles. The Bertz CT molecular complexity index is 822. The van der Waals surface area contributed by atoms with Crippen LogP contribution >= 0.6 is 0 Å². The summed E-state index contributed by atoms with van der Waals surface area (Å²) in [6, 6.07) is 0. The van der Waals surface area contributed by atoms with E-state index in [9.17, 15) is 15.0 Å². The van der Waals surface area contributed by atoms with E-state index in [0.29, 0.717) is 12.8 Å². The minimum Gasteiger partial charge on any atom is -0.481 e. The van der Waals surface area contributed by atoms with Gasteiger partial charge in [-0.05, 0) is 38.5 Å². The highest BCUT2D eigenvalue weighted by molar-refractivity contribution is 5.70. The van der Waals surface area contributed by atoms with E-state index >= 15 is 0 Å². The third-order valence-electron chi connectivity index (χ3n) is 13.7. The van der Waals surface area contributed by atoms with E-state index in [1.807, 2.05) is 0 Å². The summed E-state index contributed by atoms with van der Waals surface area (Å²) in [6.45, 7) is 4.59. The number of carbonyl (C=O) groups is 1. The fraction of sp³-hybridized carbons (Fsp3) is 0.947. The molecule has 3 nitrogen and oxygen atoms in total. The summed E-state index contributed by atoms with van der Waals surface area (Å²) in [5.41, 5.74) is 0. The van der Waals surface area contributed by atoms with Crippen molar-refractivity contribution >= 4 is 5.97 Å². The van der Waals surface area contributed by atoms with Gasteiger partial charge in [0.25, 0.3) is 0 Å². The number of aliphatic carboxylic acids is 1. The zero-order chi connectivity index (χ0) is 43.5. The van der Waals surface area contributed by atoms with Crippen molar-refractivity contribution in [3.8, 4) is 0 Å². The first-order valence-electron chi connectivity index (χ1n) is 28.2. The van der Waals surface area contributed by atoms with Gasteiger partial charge in [0.2, 0.25) is 0 Å². The molecule has 0 amide bonds. The summed E-state index contributed by atoms with van der Waals surface area (Å²) in [5, 5.41) is 20.4. The number of aliphatic hydroxyl groups excluding tert-OH is 1. The van der Waals surface area contributed by atoms with Crippen LogP contribution in [-0.4, -0.2) is 22.3 Å². The maximum Gasteiger partial charge on any atom is 0.309 e. The van der Waals surface area contributed by atoms with Crippen LogP contribution in [0.2, 0.25) is 0 Å². The fourth-order valence-electron chi connectivity index (χ4n) is 9.38. The van der Waals surface area contributed by atoms with Gasteiger partial charge < -0.3 is 10.2 Å². The molecule has 0 aliphatic rings. The van der Waals surface area contributed by atoms with Gasteiger partial charge in [0.15, 0.2) is 0 Å². The summed E-state index contributed by atoms with van der Waals surface area (Å²) >= 11 is 0. The van der Waals surface area contributed by atoms with Crippen LogP contribution < -0.4 is 0 Å². The number of unbranched alkanes of at least 4 members (excludes halogenated alkanes) is 45. The molecule has 0 radical (unpaired) electrons. The Morgan fingerprint density at radius 2 is 0.517 bits per heavy atom. The lowest BCUT2D eigenvalue weighted by atomic mass is 9.91. The summed E-state index contributed by atoms with van der Waals surface area (Å²) < 4.78 is 0. The lowest BCUT2D eigenvalue weighted by molar-refractivity contribution is -0.146.